The summed E-state index contributed by atoms with van der Waals surface area (Å²) >= 11 is 1.48. The maximum absolute atomic E-state index is 12.3. The van der Waals surface area contributed by atoms with Crippen molar-refractivity contribution < 1.29 is 19.5 Å². The number of thiophene rings is 1. The Kier molecular flexibility index (Phi) is 7.86. The van der Waals surface area contributed by atoms with Crippen LogP contribution in [0, 0.1) is 5.92 Å². The molecule has 0 spiro atoms. The maximum Gasteiger partial charge on any atom is 0.317 e. The number of nitrogens with zero attached hydrogens (tertiary/aromatic N) is 1. The second-order valence-electron chi connectivity index (χ2n) is 8.43. The Balaban J connectivity index is 1.74. The molecule has 1 aliphatic heterocycles. The van der Waals surface area contributed by atoms with Crippen LogP contribution in [0.4, 0.5) is 4.79 Å². The van der Waals surface area contributed by atoms with Crippen molar-refractivity contribution in [1.29, 1.82) is 0 Å². The van der Waals surface area contributed by atoms with Gasteiger partial charge in [-0.15, -0.1) is 11.3 Å². The number of carboxylic acids is 1. The van der Waals surface area contributed by atoms with E-state index in [1.54, 1.807) is 0 Å². The average Bonchev–Trinajstić information content (AvgIpc) is 3.12. The quantitative estimate of drug-likeness (QED) is 0.645. The molecule has 2 heterocycles. The van der Waals surface area contributed by atoms with E-state index in [1.807, 2.05) is 43.2 Å². The first kappa shape index (κ1) is 22.2. The third kappa shape index (κ3) is 7.50. The van der Waals surface area contributed by atoms with Crippen molar-refractivity contribution in [3.8, 4) is 0 Å². The molecule has 0 bridgehead atoms. The molecule has 0 aliphatic carbocycles. The summed E-state index contributed by atoms with van der Waals surface area (Å²) in [6.07, 6.45) is 1.83. The molecule has 2 rings (SSSR count). The lowest BCUT2D eigenvalue weighted by Crippen LogP contribution is -2.51. The normalized spacial score (nSPS) is 16.5. The van der Waals surface area contributed by atoms with E-state index in [-0.39, 0.29) is 36.2 Å². The first-order valence-corrected chi connectivity index (χ1v) is 10.6. The van der Waals surface area contributed by atoms with E-state index in [4.69, 9.17) is 5.11 Å². The minimum atomic E-state index is -0.896. The minimum Gasteiger partial charge on any atom is -0.481 e. The Morgan fingerprint density at radius 2 is 1.93 bits per heavy atom. The molecule has 0 aromatic carbocycles. The molecule has 3 N–H and O–H groups in total. The fourth-order valence-electron chi connectivity index (χ4n) is 3.30. The third-order valence-electron chi connectivity index (χ3n) is 4.77. The van der Waals surface area contributed by atoms with E-state index in [1.165, 1.54) is 11.3 Å². The highest BCUT2D eigenvalue weighted by Crippen LogP contribution is 2.27. The lowest BCUT2D eigenvalue weighted by molar-refractivity contribution is -0.137. The van der Waals surface area contributed by atoms with E-state index in [0.717, 1.165) is 17.7 Å². The number of piperidine rings is 1. The van der Waals surface area contributed by atoms with Crippen LogP contribution in [-0.4, -0.2) is 53.1 Å². The largest absolute Gasteiger partial charge is 0.481 e. The number of carboxylic acid groups (broad SMARTS) is 1. The smallest absolute Gasteiger partial charge is 0.317 e. The number of amides is 3. The Morgan fingerprint density at radius 3 is 2.46 bits per heavy atom. The molecule has 8 heteroatoms. The fraction of sp³-hybridized carbons (Fsp3) is 0.650. The molecule has 0 unspecified atom stereocenters. The summed E-state index contributed by atoms with van der Waals surface area (Å²) in [5.41, 5.74) is -0.253. The molecule has 0 radical (unpaired) electrons. The van der Waals surface area contributed by atoms with Crippen molar-refractivity contribution in [2.45, 2.75) is 57.9 Å². The van der Waals surface area contributed by atoms with Gasteiger partial charge in [-0.1, -0.05) is 6.07 Å². The summed E-state index contributed by atoms with van der Waals surface area (Å²) in [6.45, 7) is 7.80. The first-order valence-electron chi connectivity index (χ1n) is 9.73. The molecular formula is C20H31N3O4S. The van der Waals surface area contributed by atoms with E-state index < -0.39 is 5.97 Å². The van der Waals surface area contributed by atoms with Gasteiger partial charge >= 0.3 is 12.0 Å². The minimum absolute atomic E-state index is 0.0394. The molecule has 1 aromatic heterocycles. The van der Waals surface area contributed by atoms with E-state index in [0.29, 0.717) is 25.6 Å². The Hall–Kier alpha value is -2.09. The summed E-state index contributed by atoms with van der Waals surface area (Å²) in [5, 5.41) is 16.9. The summed E-state index contributed by atoms with van der Waals surface area (Å²) < 4.78 is 0. The van der Waals surface area contributed by atoms with Crippen molar-refractivity contribution >= 4 is 29.2 Å². The lowest BCUT2D eigenvalue weighted by Gasteiger charge is -2.34. The topological polar surface area (TPSA) is 98.7 Å². The van der Waals surface area contributed by atoms with Gasteiger partial charge in [0, 0.05) is 42.4 Å². The number of aliphatic carboxylic acids is 1. The Bertz CT molecular complexity index is 661. The predicted molar refractivity (Wildman–Crippen MR) is 110 cm³/mol. The number of hydrogen-bond donors (Lipinski definition) is 3. The van der Waals surface area contributed by atoms with Crippen LogP contribution < -0.4 is 10.6 Å². The van der Waals surface area contributed by atoms with Crippen molar-refractivity contribution in [3.63, 3.8) is 0 Å². The van der Waals surface area contributed by atoms with Gasteiger partial charge in [-0.05, 0) is 51.0 Å². The van der Waals surface area contributed by atoms with Crippen LogP contribution in [0.2, 0.25) is 0 Å². The van der Waals surface area contributed by atoms with Gasteiger partial charge in [-0.2, -0.15) is 0 Å². The molecule has 1 aromatic rings. The van der Waals surface area contributed by atoms with Gasteiger partial charge in [0.1, 0.15) is 0 Å². The van der Waals surface area contributed by atoms with Crippen LogP contribution in [-0.2, 0) is 9.59 Å². The number of nitrogens with one attached hydrogen (secondary N) is 2. The molecule has 28 heavy (non-hydrogen) atoms. The molecule has 1 atom stereocenters. The molecular weight excluding hydrogens is 378 g/mol. The highest BCUT2D eigenvalue weighted by Gasteiger charge is 2.26. The zero-order chi connectivity index (χ0) is 20.7. The molecule has 1 fully saturated rings. The van der Waals surface area contributed by atoms with Crippen molar-refractivity contribution in [1.82, 2.24) is 15.5 Å². The van der Waals surface area contributed by atoms with Crippen molar-refractivity contribution in [2.75, 3.05) is 19.6 Å². The van der Waals surface area contributed by atoms with Crippen LogP contribution >= 0.6 is 11.3 Å². The number of carbonyl (C=O) groups excluding carboxylic acids is 2. The highest BCUT2D eigenvalue weighted by molar-refractivity contribution is 7.10. The van der Waals surface area contributed by atoms with Crippen LogP contribution in [0.25, 0.3) is 0 Å². The van der Waals surface area contributed by atoms with Crippen LogP contribution in [0.5, 0.6) is 0 Å². The fourth-order valence-corrected chi connectivity index (χ4v) is 4.13. The van der Waals surface area contributed by atoms with Gasteiger partial charge in [-0.3, -0.25) is 9.59 Å². The zero-order valence-electron chi connectivity index (χ0n) is 16.9. The predicted octanol–water partition coefficient (Wildman–Crippen LogP) is 3.03. The number of carbonyl (C=O) groups is 3. The number of likely N-dealkylation sites (tertiary alicyclic amines) is 1. The molecule has 156 valence electrons. The third-order valence-corrected chi connectivity index (χ3v) is 5.80. The summed E-state index contributed by atoms with van der Waals surface area (Å²) in [7, 11) is 0. The molecule has 7 nitrogen and oxygen atoms in total. The number of hydrogen-bond acceptors (Lipinski definition) is 4. The second-order valence-corrected chi connectivity index (χ2v) is 9.41. The summed E-state index contributed by atoms with van der Waals surface area (Å²) in [6, 6.07) is 3.71. The van der Waals surface area contributed by atoms with Gasteiger partial charge in [0.2, 0.25) is 5.91 Å². The maximum atomic E-state index is 12.3. The van der Waals surface area contributed by atoms with Crippen LogP contribution in [0.3, 0.4) is 0 Å². The molecule has 1 saturated heterocycles. The molecule has 1 aliphatic rings. The van der Waals surface area contributed by atoms with Gasteiger partial charge in [-0.25, -0.2) is 4.79 Å². The Morgan fingerprint density at radius 1 is 1.25 bits per heavy atom. The zero-order valence-corrected chi connectivity index (χ0v) is 17.7. The van der Waals surface area contributed by atoms with Gasteiger partial charge in [0.25, 0.3) is 0 Å². The first-order chi connectivity index (χ1) is 13.1. The van der Waals surface area contributed by atoms with Crippen LogP contribution in [0.15, 0.2) is 17.5 Å². The standard InChI is InChI=1S/C20H31N3O4S/c1-20(2,3)22-19(27)23-8-6-14(7-9-23)13-21-17(24)11-15(12-18(25)26)16-5-4-10-28-16/h4-5,10,14-15H,6-9,11-13H2,1-3H3,(H,21,24)(H,22,27)(H,25,26)/t15-/m1/s1. The number of rotatable bonds is 7. The average molecular weight is 410 g/mol. The van der Waals surface area contributed by atoms with Gasteiger partial charge < -0.3 is 20.6 Å². The van der Waals surface area contributed by atoms with Gasteiger partial charge in [0.15, 0.2) is 0 Å². The number of urea groups is 1. The monoisotopic (exact) mass is 409 g/mol. The van der Waals surface area contributed by atoms with E-state index in [9.17, 15) is 14.4 Å². The molecule has 0 saturated carbocycles. The molecule has 3 amide bonds. The SMILES string of the molecule is CC(C)(C)NC(=O)N1CCC(CNC(=O)C[C@H](CC(=O)O)c2cccs2)CC1. The van der Waals surface area contributed by atoms with Crippen LogP contribution in [0.1, 0.15) is 57.2 Å². The lowest BCUT2D eigenvalue weighted by atomic mass is 9.96. The van der Waals surface area contributed by atoms with Crippen molar-refractivity contribution in [2.24, 2.45) is 5.92 Å². The highest BCUT2D eigenvalue weighted by atomic mass is 32.1. The second kappa shape index (κ2) is 9.91. The van der Waals surface area contributed by atoms with Crippen molar-refractivity contribution in [3.05, 3.63) is 22.4 Å². The summed E-state index contributed by atoms with van der Waals surface area (Å²) in [5.74, 6) is -0.970. The van der Waals surface area contributed by atoms with Gasteiger partial charge in [0.05, 0.1) is 6.42 Å². The summed E-state index contributed by atoms with van der Waals surface area (Å²) in [4.78, 5) is 38.4. The Labute approximate surface area is 170 Å². The van der Waals surface area contributed by atoms with E-state index >= 15 is 0 Å². The van der Waals surface area contributed by atoms with E-state index in [2.05, 4.69) is 10.6 Å².